The highest BCUT2D eigenvalue weighted by molar-refractivity contribution is 5.74. The Morgan fingerprint density at radius 1 is 1.67 bits per heavy atom. The molecule has 70 valence electrons. The summed E-state index contributed by atoms with van der Waals surface area (Å²) < 4.78 is 9.93. The lowest BCUT2D eigenvalue weighted by atomic mass is 10.0. The van der Waals surface area contributed by atoms with E-state index in [1.54, 1.807) is 7.11 Å². The molecule has 4 nitrogen and oxygen atoms in total. The number of rotatable bonds is 4. The van der Waals surface area contributed by atoms with Crippen molar-refractivity contribution in [3.05, 3.63) is 0 Å². The summed E-state index contributed by atoms with van der Waals surface area (Å²) in [6, 6.07) is 0. The Morgan fingerprint density at radius 2 is 2.33 bits per heavy atom. The zero-order valence-electron chi connectivity index (χ0n) is 7.50. The van der Waals surface area contributed by atoms with E-state index in [1.165, 1.54) is 0 Å². The van der Waals surface area contributed by atoms with Gasteiger partial charge in [0, 0.05) is 20.2 Å². The minimum absolute atomic E-state index is 0.0595. The largest absolute Gasteiger partial charge is 0.460 e. The molecular formula is C8H15NO3. The highest BCUT2D eigenvalue weighted by Crippen LogP contribution is 2.07. The third kappa shape index (κ3) is 2.46. The lowest BCUT2D eigenvalue weighted by molar-refractivity contribution is -0.157. The third-order valence-electron chi connectivity index (χ3n) is 1.83. The summed E-state index contributed by atoms with van der Waals surface area (Å²) in [5.41, 5.74) is 0. The summed E-state index contributed by atoms with van der Waals surface area (Å²) in [6.45, 7) is 3.79. The van der Waals surface area contributed by atoms with Crippen molar-refractivity contribution in [3.8, 4) is 0 Å². The van der Waals surface area contributed by atoms with Gasteiger partial charge in [0.1, 0.15) is 6.10 Å². The standard InChI is InChI=1S/C8H15NO3/c1-6(5-11-2)12-8(10)7-3-9-4-7/h6-7,9H,3-5H2,1-2H3. The predicted octanol–water partition coefficient (Wildman–Crippen LogP) is -0.216. The van der Waals surface area contributed by atoms with Gasteiger partial charge in [-0.2, -0.15) is 0 Å². The van der Waals surface area contributed by atoms with Gasteiger partial charge in [-0.05, 0) is 6.92 Å². The van der Waals surface area contributed by atoms with Crippen molar-refractivity contribution in [3.63, 3.8) is 0 Å². The predicted molar refractivity (Wildman–Crippen MR) is 43.8 cm³/mol. The van der Waals surface area contributed by atoms with E-state index in [4.69, 9.17) is 9.47 Å². The normalized spacial score (nSPS) is 19.8. The highest BCUT2D eigenvalue weighted by Gasteiger charge is 2.27. The number of nitrogens with one attached hydrogen (secondary N) is 1. The van der Waals surface area contributed by atoms with E-state index in [9.17, 15) is 4.79 Å². The smallest absolute Gasteiger partial charge is 0.311 e. The first-order valence-electron chi connectivity index (χ1n) is 4.14. The molecule has 1 aliphatic heterocycles. The van der Waals surface area contributed by atoms with E-state index in [1.807, 2.05) is 6.92 Å². The van der Waals surface area contributed by atoms with Crippen LogP contribution in [0.3, 0.4) is 0 Å². The van der Waals surface area contributed by atoms with E-state index < -0.39 is 0 Å². The SMILES string of the molecule is COCC(C)OC(=O)C1CNC1. The average molecular weight is 173 g/mol. The molecule has 1 heterocycles. The topological polar surface area (TPSA) is 47.6 Å². The summed E-state index contributed by atoms with van der Waals surface area (Å²) in [4.78, 5) is 11.2. The fourth-order valence-corrected chi connectivity index (χ4v) is 1.02. The second-order valence-electron chi connectivity index (χ2n) is 3.06. The van der Waals surface area contributed by atoms with Gasteiger partial charge in [0.25, 0.3) is 0 Å². The first-order valence-corrected chi connectivity index (χ1v) is 4.14. The van der Waals surface area contributed by atoms with Gasteiger partial charge >= 0.3 is 5.97 Å². The van der Waals surface area contributed by atoms with Gasteiger partial charge in [-0.15, -0.1) is 0 Å². The van der Waals surface area contributed by atoms with Crippen molar-refractivity contribution < 1.29 is 14.3 Å². The van der Waals surface area contributed by atoms with Gasteiger partial charge < -0.3 is 14.8 Å². The molecule has 0 aromatic rings. The van der Waals surface area contributed by atoms with Crippen molar-refractivity contribution in [1.29, 1.82) is 0 Å². The Balaban J connectivity index is 2.15. The number of methoxy groups -OCH3 is 1. The van der Waals surface area contributed by atoms with E-state index in [0.717, 1.165) is 13.1 Å². The third-order valence-corrected chi connectivity index (χ3v) is 1.83. The van der Waals surface area contributed by atoms with Gasteiger partial charge in [0.2, 0.25) is 0 Å². The Bertz CT molecular complexity index is 156. The Morgan fingerprint density at radius 3 is 2.75 bits per heavy atom. The minimum Gasteiger partial charge on any atom is -0.460 e. The molecule has 0 aromatic heterocycles. The molecule has 0 spiro atoms. The van der Waals surface area contributed by atoms with Crippen molar-refractivity contribution in [2.45, 2.75) is 13.0 Å². The molecule has 1 rings (SSSR count). The zero-order valence-corrected chi connectivity index (χ0v) is 7.50. The monoisotopic (exact) mass is 173 g/mol. The van der Waals surface area contributed by atoms with Crippen molar-refractivity contribution in [1.82, 2.24) is 5.32 Å². The summed E-state index contributed by atoms with van der Waals surface area (Å²) in [5.74, 6) is -0.0531. The molecule has 1 aliphatic rings. The van der Waals surface area contributed by atoms with Crippen molar-refractivity contribution in [2.24, 2.45) is 5.92 Å². The zero-order chi connectivity index (χ0) is 8.97. The number of carbonyl (C=O) groups excluding carboxylic acids is 1. The van der Waals surface area contributed by atoms with Crippen LogP contribution in [0.25, 0.3) is 0 Å². The van der Waals surface area contributed by atoms with Gasteiger partial charge in [0.05, 0.1) is 12.5 Å². The van der Waals surface area contributed by atoms with Crippen LogP contribution in [0.2, 0.25) is 0 Å². The lowest BCUT2D eigenvalue weighted by Gasteiger charge is -2.26. The van der Waals surface area contributed by atoms with E-state index >= 15 is 0 Å². The van der Waals surface area contributed by atoms with Crippen LogP contribution in [-0.2, 0) is 14.3 Å². The molecule has 1 N–H and O–H groups in total. The molecule has 0 bridgehead atoms. The average Bonchev–Trinajstić information content (AvgIpc) is 1.82. The lowest BCUT2D eigenvalue weighted by Crippen LogP contribution is -2.48. The molecule has 0 aromatic carbocycles. The maximum atomic E-state index is 11.2. The summed E-state index contributed by atoms with van der Waals surface area (Å²) >= 11 is 0. The molecule has 0 saturated carbocycles. The van der Waals surface area contributed by atoms with Crippen LogP contribution in [-0.4, -0.2) is 38.9 Å². The molecule has 1 unspecified atom stereocenters. The molecular weight excluding hydrogens is 158 g/mol. The van der Waals surface area contributed by atoms with Crippen LogP contribution >= 0.6 is 0 Å². The molecule has 1 saturated heterocycles. The Labute approximate surface area is 72.2 Å². The van der Waals surface area contributed by atoms with Gasteiger partial charge in [-0.3, -0.25) is 4.79 Å². The van der Waals surface area contributed by atoms with Gasteiger partial charge in [0.15, 0.2) is 0 Å². The number of esters is 1. The Hall–Kier alpha value is -0.610. The van der Waals surface area contributed by atoms with E-state index in [-0.39, 0.29) is 18.0 Å². The highest BCUT2D eigenvalue weighted by atomic mass is 16.6. The van der Waals surface area contributed by atoms with Gasteiger partial charge in [-0.1, -0.05) is 0 Å². The van der Waals surface area contributed by atoms with Crippen molar-refractivity contribution >= 4 is 5.97 Å². The van der Waals surface area contributed by atoms with Crippen LogP contribution in [0.4, 0.5) is 0 Å². The van der Waals surface area contributed by atoms with Crippen LogP contribution in [0.15, 0.2) is 0 Å². The van der Waals surface area contributed by atoms with Gasteiger partial charge in [-0.25, -0.2) is 0 Å². The quantitative estimate of drug-likeness (QED) is 0.597. The molecule has 12 heavy (non-hydrogen) atoms. The number of hydrogen-bond donors (Lipinski definition) is 1. The van der Waals surface area contributed by atoms with Crippen LogP contribution in [0.5, 0.6) is 0 Å². The van der Waals surface area contributed by atoms with Crippen LogP contribution < -0.4 is 5.32 Å². The number of ether oxygens (including phenoxy) is 2. The first kappa shape index (κ1) is 9.48. The molecule has 1 fully saturated rings. The maximum absolute atomic E-state index is 11.2. The summed E-state index contributed by atoms with van der Waals surface area (Å²) in [7, 11) is 1.59. The van der Waals surface area contributed by atoms with Crippen molar-refractivity contribution in [2.75, 3.05) is 26.8 Å². The van der Waals surface area contributed by atoms with E-state index in [0.29, 0.717) is 6.61 Å². The number of hydrogen-bond acceptors (Lipinski definition) is 4. The first-order chi connectivity index (χ1) is 5.74. The molecule has 0 amide bonds. The second-order valence-corrected chi connectivity index (χ2v) is 3.06. The summed E-state index contributed by atoms with van der Waals surface area (Å²) in [5, 5.41) is 3.02. The summed E-state index contributed by atoms with van der Waals surface area (Å²) in [6.07, 6.45) is -0.136. The second kappa shape index (κ2) is 4.42. The molecule has 1 atom stereocenters. The fourth-order valence-electron chi connectivity index (χ4n) is 1.02. The molecule has 0 aliphatic carbocycles. The minimum atomic E-state index is -0.136. The maximum Gasteiger partial charge on any atom is 0.311 e. The van der Waals surface area contributed by atoms with Crippen LogP contribution in [0.1, 0.15) is 6.92 Å². The Kier molecular flexibility index (Phi) is 3.49. The van der Waals surface area contributed by atoms with Crippen LogP contribution in [0, 0.1) is 5.92 Å². The molecule has 0 radical (unpaired) electrons. The van der Waals surface area contributed by atoms with E-state index in [2.05, 4.69) is 5.32 Å². The fraction of sp³-hybridized carbons (Fsp3) is 0.875. The molecule has 4 heteroatoms. The number of carbonyl (C=O) groups is 1.